The largest absolute Gasteiger partial charge is 0.357 e. The number of hydrogen-bond donors (Lipinski definition) is 4. The molecule has 0 saturated carbocycles. The highest BCUT2D eigenvalue weighted by Crippen LogP contribution is 2.19. The number of nitrogens with one attached hydrogen (secondary N) is 3. The number of fused-ring (bicyclic) bond motifs is 1. The van der Waals surface area contributed by atoms with Crippen LogP contribution in [0.3, 0.4) is 0 Å². The summed E-state index contributed by atoms with van der Waals surface area (Å²) >= 11 is 0. The first-order chi connectivity index (χ1) is 12.4. The van der Waals surface area contributed by atoms with Crippen molar-refractivity contribution in [1.82, 2.24) is 16.1 Å². The molecule has 0 aliphatic heterocycles. The molecule has 0 radical (unpaired) electrons. The van der Waals surface area contributed by atoms with Gasteiger partial charge in [-0.3, -0.25) is 19.6 Å². The molecule has 0 aliphatic carbocycles. The van der Waals surface area contributed by atoms with Gasteiger partial charge in [0.25, 0.3) is 0 Å². The zero-order chi connectivity index (χ0) is 19.1. The maximum Gasteiger partial charge on any atom is 0.244 e. The zero-order valence-corrected chi connectivity index (χ0v) is 14.8. The van der Waals surface area contributed by atoms with Crippen molar-refractivity contribution in [2.45, 2.75) is 25.8 Å². The molecule has 0 heterocycles. The lowest BCUT2D eigenvalue weighted by Gasteiger charge is -2.19. The molecular weight excluding hydrogens is 334 g/mol. The summed E-state index contributed by atoms with van der Waals surface area (Å²) in [6.45, 7) is 1.57. The highest BCUT2D eigenvalue weighted by Gasteiger charge is 2.25. The molecule has 26 heavy (non-hydrogen) atoms. The number of carbonyl (C=O) groups excluding carboxylic acids is 3. The van der Waals surface area contributed by atoms with Crippen molar-refractivity contribution < 1.29 is 19.6 Å². The summed E-state index contributed by atoms with van der Waals surface area (Å²) in [6, 6.07) is 13.0. The van der Waals surface area contributed by atoms with Crippen molar-refractivity contribution in [3.8, 4) is 0 Å². The molecular formula is C19H23N3O4. The summed E-state index contributed by atoms with van der Waals surface area (Å²) in [7, 11) is 1.48. The van der Waals surface area contributed by atoms with Gasteiger partial charge in [-0.05, 0) is 29.7 Å². The van der Waals surface area contributed by atoms with Gasteiger partial charge in [-0.1, -0.05) is 42.5 Å². The Morgan fingerprint density at radius 2 is 1.73 bits per heavy atom. The van der Waals surface area contributed by atoms with E-state index in [4.69, 9.17) is 5.21 Å². The minimum atomic E-state index is -0.719. The van der Waals surface area contributed by atoms with Gasteiger partial charge in [-0.25, -0.2) is 5.48 Å². The van der Waals surface area contributed by atoms with Crippen molar-refractivity contribution in [1.29, 1.82) is 0 Å². The predicted octanol–water partition coefficient (Wildman–Crippen LogP) is 1.14. The van der Waals surface area contributed by atoms with Crippen molar-refractivity contribution >= 4 is 28.5 Å². The van der Waals surface area contributed by atoms with Crippen LogP contribution in [-0.4, -0.2) is 36.0 Å². The molecule has 7 nitrogen and oxygen atoms in total. The first-order valence-electron chi connectivity index (χ1n) is 8.37. The van der Waals surface area contributed by atoms with Crippen LogP contribution in [0.5, 0.6) is 0 Å². The lowest BCUT2D eigenvalue weighted by Crippen LogP contribution is -2.46. The third-order valence-corrected chi connectivity index (χ3v) is 4.22. The summed E-state index contributed by atoms with van der Waals surface area (Å²) < 4.78 is 0. The molecule has 7 heteroatoms. The third-order valence-electron chi connectivity index (χ3n) is 4.22. The van der Waals surface area contributed by atoms with E-state index in [-0.39, 0.29) is 12.3 Å². The van der Waals surface area contributed by atoms with Crippen molar-refractivity contribution in [3.63, 3.8) is 0 Å². The van der Waals surface area contributed by atoms with E-state index in [9.17, 15) is 14.4 Å². The van der Waals surface area contributed by atoms with E-state index in [1.54, 1.807) is 12.4 Å². The van der Waals surface area contributed by atoms with Gasteiger partial charge in [0.1, 0.15) is 6.04 Å². The second-order valence-electron chi connectivity index (χ2n) is 6.17. The summed E-state index contributed by atoms with van der Waals surface area (Å²) in [6.07, 6.45) is 0.125. The summed E-state index contributed by atoms with van der Waals surface area (Å²) in [4.78, 5) is 35.7. The van der Waals surface area contributed by atoms with E-state index in [1.807, 2.05) is 42.5 Å². The van der Waals surface area contributed by atoms with Crippen LogP contribution in [0.25, 0.3) is 10.8 Å². The van der Waals surface area contributed by atoms with Crippen LogP contribution < -0.4 is 16.1 Å². The fraction of sp³-hybridized carbons (Fsp3) is 0.316. The number of hydroxylamine groups is 1. The molecule has 0 aromatic heterocycles. The number of rotatable bonds is 7. The molecule has 138 valence electrons. The first-order valence-corrected chi connectivity index (χ1v) is 8.37. The second kappa shape index (κ2) is 8.96. The van der Waals surface area contributed by atoms with Gasteiger partial charge in [0.05, 0.1) is 5.92 Å². The summed E-state index contributed by atoms with van der Waals surface area (Å²) in [5.41, 5.74) is 2.45. The minimum absolute atomic E-state index is 0.185. The molecule has 2 atom stereocenters. The van der Waals surface area contributed by atoms with Crippen LogP contribution in [0.15, 0.2) is 42.5 Å². The predicted molar refractivity (Wildman–Crippen MR) is 97.4 cm³/mol. The fourth-order valence-electron chi connectivity index (χ4n) is 2.79. The van der Waals surface area contributed by atoms with E-state index in [2.05, 4.69) is 10.6 Å². The van der Waals surface area contributed by atoms with E-state index in [0.29, 0.717) is 6.42 Å². The Hall–Kier alpha value is -2.93. The van der Waals surface area contributed by atoms with Crippen LogP contribution in [0.2, 0.25) is 0 Å². The average Bonchev–Trinajstić information content (AvgIpc) is 2.66. The molecule has 4 N–H and O–H groups in total. The van der Waals surface area contributed by atoms with Crippen molar-refractivity contribution in [2.24, 2.45) is 5.92 Å². The first kappa shape index (κ1) is 19.4. The highest BCUT2D eigenvalue weighted by molar-refractivity contribution is 5.90. The molecule has 0 bridgehead atoms. The molecule has 2 aromatic rings. The molecule has 3 amide bonds. The van der Waals surface area contributed by atoms with Gasteiger partial charge >= 0.3 is 0 Å². The Morgan fingerprint density at radius 3 is 2.38 bits per heavy atom. The van der Waals surface area contributed by atoms with Gasteiger partial charge in [-0.15, -0.1) is 0 Å². The molecule has 0 spiro atoms. The topological polar surface area (TPSA) is 108 Å². The highest BCUT2D eigenvalue weighted by atomic mass is 16.5. The average molecular weight is 357 g/mol. The smallest absolute Gasteiger partial charge is 0.244 e. The third kappa shape index (κ3) is 5.03. The van der Waals surface area contributed by atoms with Crippen LogP contribution in [0.1, 0.15) is 18.9 Å². The van der Waals surface area contributed by atoms with Gasteiger partial charge in [0.2, 0.25) is 17.7 Å². The van der Waals surface area contributed by atoms with E-state index in [1.165, 1.54) is 7.05 Å². The van der Waals surface area contributed by atoms with Gasteiger partial charge in [-0.2, -0.15) is 0 Å². The van der Waals surface area contributed by atoms with Crippen LogP contribution in [0.4, 0.5) is 0 Å². The monoisotopic (exact) mass is 357 g/mol. The Labute approximate surface area is 151 Å². The van der Waals surface area contributed by atoms with Crippen molar-refractivity contribution in [2.75, 3.05) is 7.05 Å². The van der Waals surface area contributed by atoms with Crippen molar-refractivity contribution in [3.05, 3.63) is 48.0 Å². The van der Waals surface area contributed by atoms with Crippen LogP contribution >= 0.6 is 0 Å². The number of benzene rings is 2. The zero-order valence-electron chi connectivity index (χ0n) is 14.8. The Bertz CT molecular complexity index is 806. The lowest BCUT2D eigenvalue weighted by molar-refractivity contribution is -0.135. The van der Waals surface area contributed by atoms with Crippen LogP contribution in [0, 0.1) is 5.92 Å². The van der Waals surface area contributed by atoms with Crippen LogP contribution in [-0.2, 0) is 20.8 Å². The second-order valence-corrected chi connectivity index (χ2v) is 6.17. The normalized spacial score (nSPS) is 12.9. The maximum absolute atomic E-state index is 12.5. The van der Waals surface area contributed by atoms with E-state index >= 15 is 0 Å². The van der Waals surface area contributed by atoms with E-state index < -0.39 is 23.8 Å². The Kier molecular flexibility index (Phi) is 6.68. The lowest BCUT2D eigenvalue weighted by atomic mass is 9.93. The maximum atomic E-state index is 12.5. The number of likely N-dealkylation sites (N-methyl/N-ethyl adjacent to an activating group) is 1. The molecule has 0 aliphatic rings. The summed E-state index contributed by atoms with van der Waals surface area (Å²) in [5.74, 6) is -2.11. The fourth-order valence-corrected chi connectivity index (χ4v) is 2.79. The molecule has 2 rings (SSSR count). The SMILES string of the molecule is CNC(=O)[C@H](C)NC(=O)C(CC(=O)NO)Cc1ccc2ccccc2c1. The number of carbonyl (C=O) groups is 3. The van der Waals surface area contributed by atoms with Gasteiger partial charge in [0.15, 0.2) is 0 Å². The molecule has 0 fully saturated rings. The Morgan fingerprint density at radius 1 is 1.04 bits per heavy atom. The molecule has 0 saturated heterocycles. The molecule has 1 unspecified atom stereocenters. The standard InChI is InChI=1S/C19H23N3O4/c1-12(18(24)20-2)21-19(25)16(11-17(23)22-26)10-13-7-8-14-5-3-4-6-15(14)9-13/h3-9,12,16,26H,10-11H2,1-2H3,(H,20,24)(H,21,25)(H,22,23)/t12-,16?/m0/s1. The minimum Gasteiger partial charge on any atom is -0.357 e. The molecule has 2 aromatic carbocycles. The van der Waals surface area contributed by atoms with Gasteiger partial charge in [0, 0.05) is 13.5 Å². The van der Waals surface area contributed by atoms with E-state index in [0.717, 1.165) is 16.3 Å². The summed E-state index contributed by atoms with van der Waals surface area (Å²) in [5, 5.41) is 16.0. The quantitative estimate of drug-likeness (QED) is 0.440. The Balaban J connectivity index is 2.18. The number of hydrogen-bond acceptors (Lipinski definition) is 4. The van der Waals surface area contributed by atoms with Gasteiger partial charge < -0.3 is 10.6 Å². The number of amides is 3.